The Morgan fingerprint density at radius 2 is 2.00 bits per heavy atom. The molecule has 9 heteroatoms. The summed E-state index contributed by atoms with van der Waals surface area (Å²) in [5, 5.41) is 39.8. The van der Waals surface area contributed by atoms with Crippen molar-refractivity contribution in [3.05, 3.63) is 65.4 Å². The van der Waals surface area contributed by atoms with Gasteiger partial charge in [0.2, 0.25) is 5.96 Å². The monoisotopic (exact) mass is 455 g/mol. The molecule has 2 heterocycles. The number of aromatic nitrogens is 2. The number of benzene rings is 2. The number of nitriles is 2. The summed E-state index contributed by atoms with van der Waals surface area (Å²) in [5.41, 5.74) is 3.58. The van der Waals surface area contributed by atoms with Crippen molar-refractivity contribution in [2.45, 2.75) is 38.5 Å². The minimum absolute atomic E-state index is 0.163. The summed E-state index contributed by atoms with van der Waals surface area (Å²) in [6, 6.07) is 16.0. The van der Waals surface area contributed by atoms with Crippen LogP contribution in [0.15, 0.2) is 53.5 Å². The van der Waals surface area contributed by atoms with Crippen LogP contribution >= 0.6 is 0 Å². The number of hydrogen-bond donors (Lipinski definition) is 3. The van der Waals surface area contributed by atoms with Crippen molar-refractivity contribution >= 4 is 11.6 Å². The first-order valence-corrected chi connectivity index (χ1v) is 10.7. The second-order valence-electron chi connectivity index (χ2n) is 8.67. The normalized spacial score (nSPS) is 18.7. The zero-order chi connectivity index (χ0) is 24.5. The topological polar surface area (TPSA) is 131 Å². The van der Waals surface area contributed by atoms with E-state index < -0.39 is 17.7 Å². The Kier molecular flexibility index (Phi) is 5.97. The van der Waals surface area contributed by atoms with E-state index in [9.17, 15) is 15.6 Å². The fourth-order valence-corrected chi connectivity index (χ4v) is 4.04. The number of aliphatic hydroxyl groups is 1. The number of anilines is 1. The van der Waals surface area contributed by atoms with Crippen LogP contribution in [0.1, 0.15) is 36.7 Å². The van der Waals surface area contributed by atoms with E-state index in [1.54, 1.807) is 36.7 Å². The minimum atomic E-state index is -1.02. The number of ether oxygens (including phenoxy) is 1. The summed E-state index contributed by atoms with van der Waals surface area (Å²) >= 11 is 0. The summed E-state index contributed by atoms with van der Waals surface area (Å²) in [5.74, 6) is 0.698. The molecular weight excluding hydrogens is 430 g/mol. The maximum atomic E-state index is 11.1. The molecule has 1 aliphatic heterocycles. The van der Waals surface area contributed by atoms with Gasteiger partial charge < -0.3 is 15.2 Å². The highest BCUT2D eigenvalue weighted by molar-refractivity contribution is 5.95. The molecule has 1 aromatic heterocycles. The van der Waals surface area contributed by atoms with Gasteiger partial charge in [0.05, 0.1) is 23.0 Å². The molecule has 0 radical (unpaired) electrons. The van der Waals surface area contributed by atoms with Crippen LogP contribution in [-0.2, 0) is 7.05 Å². The third-order valence-corrected chi connectivity index (χ3v) is 5.71. The van der Waals surface area contributed by atoms with Crippen LogP contribution < -0.4 is 15.4 Å². The van der Waals surface area contributed by atoms with Gasteiger partial charge in [-0.1, -0.05) is 12.1 Å². The first kappa shape index (κ1) is 22.8. The van der Waals surface area contributed by atoms with Crippen LogP contribution in [0.5, 0.6) is 5.75 Å². The van der Waals surface area contributed by atoms with Gasteiger partial charge in [0.15, 0.2) is 6.19 Å². The highest BCUT2D eigenvalue weighted by Crippen LogP contribution is 2.42. The molecule has 3 aromatic rings. The van der Waals surface area contributed by atoms with E-state index in [2.05, 4.69) is 26.8 Å². The Bertz CT molecular complexity index is 1340. The highest BCUT2D eigenvalue weighted by atomic mass is 16.5. The van der Waals surface area contributed by atoms with Crippen molar-refractivity contribution in [2.75, 3.05) is 5.32 Å². The number of aliphatic imine (C=N–C) groups is 1. The van der Waals surface area contributed by atoms with Crippen molar-refractivity contribution in [2.24, 2.45) is 12.0 Å². The van der Waals surface area contributed by atoms with E-state index >= 15 is 0 Å². The molecule has 2 unspecified atom stereocenters. The van der Waals surface area contributed by atoms with Gasteiger partial charge in [-0.25, -0.2) is 4.99 Å². The Morgan fingerprint density at radius 3 is 2.68 bits per heavy atom. The molecule has 2 aromatic carbocycles. The quantitative estimate of drug-likeness (QED) is 0.239. The van der Waals surface area contributed by atoms with Gasteiger partial charge in [-0.05, 0) is 57.2 Å². The largest absolute Gasteiger partial charge is 0.485 e. The van der Waals surface area contributed by atoms with E-state index in [0.717, 1.165) is 17.0 Å². The van der Waals surface area contributed by atoms with Crippen LogP contribution in [0.3, 0.4) is 0 Å². The molecule has 3 N–H and O–H groups in total. The molecule has 0 bridgehead atoms. The average Bonchev–Trinajstić information content (AvgIpc) is 3.14. The van der Waals surface area contributed by atoms with Crippen LogP contribution in [0, 0.1) is 29.7 Å². The van der Waals surface area contributed by atoms with Crippen LogP contribution in [0.2, 0.25) is 0 Å². The lowest BCUT2D eigenvalue weighted by Crippen LogP contribution is -2.49. The molecule has 0 spiro atoms. The maximum absolute atomic E-state index is 11.1. The average molecular weight is 456 g/mol. The van der Waals surface area contributed by atoms with E-state index in [-0.39, 0.29) is 5.96 Å². The second-order valence-corrected chi connectivity index (χ2v) is 8.67. The number of rotatable bonds is 3. The Morgan fingerprint density at radius 1 is 1.21 bits per heavy atom. The maximum Gasteiger partial charge on any atom is 0.209 e. The van der Waals surface area contributed by atoms with Gasteiger partial charge >= 0.3 is 0 Å². The molecular formula is C25H25N7O2. The number of hydrogen-bond acceptors (Lipinski definition) is 6. The first-order valence-electron chi connectivity index (χ1n) is 10.7. The predicted molar refractivity (Wildman–Crippen MR) is 128 cm³/mol. The summed E-state index contributed by atoms with van der Waals surface area (Å²) < 4.78 is 7.76. The van der Waals surface area contributed by atoms with Crippen LogP contribution in [-0.4, -0.2) is 32.6 Å². The van der Waals surface area contributed by atoms with E-state index in [4.69, 9.17) is 4.74 Å². The minimum Gasteiger partial charge on any atom is -0.485 e. The number of nitrogens with zero attached hydrogens (tertiary/aromatic N) is 5. The smallest absolute Gasteiger partial charge is 0.209 e. The fraction of sp³-hybridized carbons (Fsp3) is 0.280. The molecule has 172 valence electrons. The molecule has 0 saturated carbocycles. The van der Waals surface area contributed by atoms with Crippen molar-refractivity contribution in [1.82, 2.24) is 15.1 Å². The van der Waals surface area contributed by atoms with Crippen molar-refractivity contribution in [3.63, 3.8) is 0 Å². The van der Waals surface area contributed by atoms with Gasteiger partial charge in [0, 0.05) is 23.9 Å². The zero-order valence-corrected chi connectivity index (χ0v) is 19.4. The molecule has 0 fully saturated rings. The van der Waals surface area contributed by atoms with Crippen molar-refractivity contribution in [1.29, 1.82) is 10.5 Å². The summed E-state index contributed by atoms with van der Waals surface area (Å²) in [6.45, 7) is 5.47. The Labute approximate surface area is 197 Å². The Balaban J connectivity index is 1.72. The summed E-state index contributed by atoms with van der Waals surface area (Å²) in [4.78, 5) is 4.65. The lowest BCUT2D eigenvalue weighted by atomic mass is 9.86. The molecule has 0 aliphatic carbocycles. The standard InChI is InChI=1S/C25H25N7O2/c1-15-10-20(32(4)31-15)17-6-5-7-18(12-17)29-24(28-14-27)30-22-19-11-16(13-26)8-9-21(19)34-25(2,3)23(22)33/h5-12,22-23,33H,1-4H3,(H2,28,29,30). The summed E-state index contributed by atoms with van der Waals surface area (Å²) in [6.07, 6.45) is 0.877. The predicted octanol–water partition coefficient (Wildman–Crippen LogP) is 3.38. The summed E-state index contributed by atoms with van der Waals surface area (Å²) in [7, 11) is 1.88. The highest BCUT2D eigenvalue weighted by Gasteiger charge is 2.43. The number of fused-ring (bicyclic) bond motifs is 1. The van der Waals surface area contributed by atoms with Crippen LogP contribution in [0.4, 0.5) is 5.69 Å². The van der Waals surface area contributed by atoms with Gasteiger partial charge in [-0.2, -0.15) is 15.6 Å². The lowest BCUT2D eigenvalue weighted by Gasteiger charge is -2.40. The number of aliphatic hydroxyl groups excluding tert-OH is 1. The van der Waals surface area contributed by atoms with Crippen molar-refractivity contribution in [3.8, 4) is 29.3 Å². The van der Waals surface area contributed by atoms with E-state index in [1.165, 1.54) is 0 Å². The van der Waals surface area contributed by atoms with Crippen LogP contribution in [0.25, 0.3) is 11.3 Å². The number of guanidine groups is 1. The molecule has 9 nitrogen and oxygen atoms in total. The van der Waals surface area contributed by atoms with Gasteiger partial charge in [-0.3, -0.25) is 10.00 Å². The fourth-order valence-electron chi connectivity index (χ4n) is 4.04. The van der Waals surface area contributed by atoms with Gasteiger partial charge in [0.1, 0.15) is 23.5 Å². The SMILES string of the molecule is Cc1cc(-c2cccc(NC(=NC3c4cc(C#N)ccc4OC(C)(C)C3O)NC#N)c2)n(C)n1. The number of nitrogens with one attached hydrogen (secondary N) is 2. The molecule has 0 saturated heterocycles. The molecule has 1 aliphatic rings. The molecule has 0 amide bonds. The third kappa shape index (κ3) is 4.42. The molecule has 2 atom stereocenters. The van der Waals surface area contributed by atoms with Crippen molar-refractivity contribution < 1.29 is 9.84 Å². The molecule has 34 heavy (non-hydrogen) atoms. The molecule has 4 rings (SSSR count). The van der Waals surface area contributed by atoms with Gasteiger partial charge in [0.25, 0.3) is 0 Å². The van der Waals surface area contributed by atoms with Gasteiger partial charge in [-0.15, -0.1) is 0 Å². The zero-order valence-electron chi connectivity index (χ0n) is 19.4. The lowest BCUT2D eigenvalue weighted by molar-refractivity contribution is -0.0567. The third-order valence-electron chi connectivity index (χ3n) is 5.71. The van der Waals surface area contributed by atoms with E-state index in [1.807, 2.05) is 50.5 Å². The first-order chi connectivity index (χ1) is 16.2. The second kappa shape index (κ2) is 8.89. The Hall–Kier alpha value is -4.34. The van der Waals surface area contributed by atoms with E-state index in [0.29, 0.717) is 22.6 Å². The number of aryl methyl sites for hydroxylation is 2.